The molecular weight excluding hydrogens is 873 g/mol. The maximum absolute atomic E-state index is 13.6. The Morgan fingerprint density at radius 3 is 2.19 bits per heavy atom. The number of nitrogens with zero attached hydrogens (tertiary/aromatic N) is 2. The third kappa shape index (κ3) is 10.7. The summed E-state index contributed by atoms with van der Waals surface area (Å²) in [6.07, 6.45) is -16.4. The molecule has 1 aromatic heterocycles. The van der Waals surface area contributed by atoms with Gasteiger partial charge in [0.05, 0.1) is 33.3 Å². The first kappa shape index (κ1) is 41.6. The number of esters is 2. The van der Waals surface area contributed by atoms with Crippen LogP contribution in [0.3, 0.4) is 0 Å². The smallest absolute Gasteiger partial charge is 0.404 e. The van der Waals surface area contributed by atoms with Crippen LogP contribution in [-0.2, 0) is 47.2 Å². The molecule has 4 N–H and O–H groups in total. The van der Waals surface area contributed by atoms with Gasteiger partial charge in [0.15, 0.2) is 5.75 Å². The molecule has 26 heteroatoms. The molecule has 0 saturated carbocycles. The zero-order valence-corrected chi connectivity index (χ0v) is 29.4. The van der Waals surface area contributed by atoms with E-state index in [0.717, 1.165) is 36.4 Å². The van der Waals surface area contributed by atoms with Crippen LogP contribution in [0.2, 0.25) is 5.02 Å². The maximum Gasteiger partial charge on any atom is 0.573 e. The third-order valence-electron chi connectivity index (χ3n) is 6.62. The summed E-state index contributed by atoms with van der Waals surface area (Å²) in [4.78, 5) is 28.6. The van der Waals surface area contributed by atoms with Crippen LogP contribution in [0.4, 0.5) is 45.2 Å². The number of aromatic nitrogens is 2. The fraction of sp³-hybridized carbons (Fsp3) is 0.222. The van der Waals surface area contributed by atoms with Crippen LogP contribution in [0.15, 0.2) is 64.0 Å². The highest BCUT2D eigenvalue weighted by Gasteiger charge is 2.43. The topological polar surface area (TPSA) is 191 Å². The van der Waals surface area contributed by atoms with Gasteiger partial charge in [0.25, 0.3) is 10.2 Å². The first-order chi connectivity index (χ1) is 24.1. The van der Waals surface area contributed by atoms with Crippen molar-refractivity contribution in [3.8, 4) is 5.75 Å². The molecule has 0 radical (unpaired) electrons. The van der Waals surface area contributed by atoms with Crippen LogP contribution in [0, 0.1) is 0 Å². The number of carbonyl (C=O) groups is 2. The lowest BCUT2D eigenvalue weighted by Crippen LogP contribution is -2.42. The van der Waals surface area contributed by atoms with Gasteiger partial charge >= 0.3 is 30.7 Å². The van der Waals surface area contributed by atoms with Crippen molar-refractivity contribution >= 4 is 76.4 Å². The molecule has 0 spiro atoms. The monoisotopic (exact) mass is 889 g/mol. The van der Waals surface area contributed by atoms with Gasteiger partial charge in [-0.05, 0) is 60.5 Å². The van der Waals surface area contributed by atoms with Gasteiger partial charge in [-0.2, -0.15) is 34.8 Å². The number of fused-ring (bicyclic) bond motifs is 1. The molecule has 1 heterocycles. The fourth-order valence-electron chi connectivity index (χ4n) is 4.46. The van der Waals surface area contributed by atoms with Crippen LogP contribution in [0.25, 0.3) is 11.0 Å². The van der Waals surface area contributed by atoms with Crippen molar-refractivity contribution in [1.29, 1.82) is 0 Å². The van der Waals surface area contributed by atoms with Gasteiger partial charge in [0, 0.05) is 4.47 Å². The lowest BCUT2D eigenvalue weighted by atomic mass is 10.1. The van der Waals surface area contributed by atoms with E-state index >= 15 is 0 Å². The molecule has 0 amide bonds. The van der Waals surface area contributed by atoms with Crippen LogP contribution < -0.4 is 18.9 Å². The SMILES string of the molecule is NS(=O)(=O)N(CC(=O)OC(=O)C(F)(F)F)c1ccc(CC(NS(=O)(=O)c2ccc(Br)cc2OC(F)(F)F)c2nc3cc(C(F)(F)F)ccc3[nH]2)cc1Cl. The molecule has 0 saturated heterocycles. The number of nitrogens with one attached hydrogen (secondary N) is 2. The van der Waals surface area contributed by atoms with Crippen molar-refractivity contribution < 1.29 is 75.4 Å². The molecule has 0 aliphatic carbocycles. The lowest BCUT2D eigenvalue weighted by molar-refractivity contribution is -0.275. The highest BCUT2D eigenvalue weighted by Crippen LogP contribution is 2.36. The highest BCUT2D eigenvalue weighted by molar-refractivity contribution is 9.10. The lowest BCUT2D eigenvalue weighted by Gasteiger charge is -2.23. The average molecular weight is 891 g/mol. The minimum Gasteiger partial charge on any atom is -0.404 e. The van der Waals surface area contributed by atoms with E-state index in [1.54, 1.807) is 0 Å². The summed E-state index contributed by atoms with van der Waals surface area (Å²) in [5, 5.41) is 4.48. The van der Waals surface area contributed by atoms with Crippen molar-refractivity contribution in [3.63, 3.8) is 0 Å². The number of ether oxygens (including phenoxy) is 2. The summed E-state index contributed by atoms with van der Waals surface area (Å²) in [5.41, 5.74) is -2.16. The van der Waals surface area contributed by atoms with E-state index in [1.807, 2.05) is 0 Å². The molecule has 0 bridgehead atoms. The number of benzene rings is 3. The number of hydrogen-bond acceptors (Lipinski definition) is 9. The molecular formula is C27H18BrClF9N5O8S2. The van der Waals surface area contributed by atoms with Crippen molar-refractivity contribution in [3.05, 3.63) is 81.0 Å². The number of anilines is 1. The van der Waals surface area contributed by atoms with E-state index < -0.39 is 96.8 Å². The summed E-state index contributed by atoms with van der Waals surface area (Å²) in [6.45, 7) is -1.59. The van der Waals surface area contributed by atoms with E-state index in [0.29, 0.717) is 18.2 Å². The van der Waals surface area contributed by atoms with Gasteiger partial charge in [0.1, 0.15) is 17.3 Å². The van der Waals surface area contributed by atoms with E-state index in [2.05, 4.69) is 40.1 Å². The van der Waals surface area contributed by atoms with E-state index in [-0.39, 0.29) is 31.2 Å². The Bertz CT molecular complexity index is 2290. The Morgan fingerprint density at radius 1 is 0.962 bits per heavy atom. The highest BCUT2D eigenvalue weighted by atomic mass is 79.9. The van der Waals surface area contributed by atoms with Crippen LogP contribution in [-0.4, -0.2) is 57.8 Å². The molecule has 0 aliphatic rings. The summed E-state index contributed by atoms with van der Waals surface area (Å²) in [7, 11) is -10.0. The molecule has 13 nitrogen and oxygen atoms in total. The van der Waals surface area contributed by atoms with Crippen molar-refractivity contribution in [2.75, 3.05) is 10.8 Å². The number of carbonyl (C=O) groups excluding carboxylic acids is 2. The van der Waals surface area contributed by atoms with Crippen molar-refractivity contribution in [2.24, 2.45) is 5.14 Å². The van der Waals surface area contributed by atoms with Gasteiger partial charge < -0.3 is 14.5 Å². The molecule has 288 valence electrons. The van der Waals surface area contributed by atoms with E-state index in [1.165, 1.54) is 0 Å². The van der Waals surface area contributed by atoms with Crippen LogP contribution >= 0.6 is 27.5 Å². The minimum atomic E-state index is -5.62. The molecule has 1 unspecified atom stereocenters. The second-order valence-electron chi connectivity index (χ2n) is 10.5. The Hall–Kier alpha value is -4.17. The predicted molar refractivity (Wildman–Crippen MR) is 168 cm³/mol. The standard InChI is InChI=1S/C27H18BrClF9N5O8S2/c28-14-3-6-21(20(10-14)51-27(36,37)38)52(46,47)42-18(23-40-16-4-2-13(25(30,31)32)9-17(16)41-23)8-12-1-5-19(15(29)7-12)43(53(39,48)49)11-22(44)50-24(45)26(33,34)35/h1-7,9-10,18,42H,8,11H2,(H,40,41)(H2,39,48,49). The Balaban J connectivity index is 1.76. The van der Waals surface area contributed by atoms with Gasteiger partial charge in [0.2, 0.25) is 10.0 Å². The van der Waals surface area contributed by atoms with Crippen LogP contribution in [0.1, 0.15) is 23.0 Å². The fourth-order valence-corrected chi connectivity index (χ4v) is 7.18. The second-order valence-corrected chi connectivity index (χ2v) is 14.9. The number of sulfonamides is 1. The predicted octanol–water partition coefficient (Wildman–Crippen LogP) is 5.80. The number of H-pyrrole nitrogens is 1. The number of nitrogens with two attached hydrogens (primary N) is 1. The molecule has 1 atom stereocenters. The minimum absolute atomic E-state index is 0.0199. The molecule has 0 aliphatic heterocycles. The molecule has 4 aromatic rings. The Kier molecular flexibility index (Phi) is 11.7. The number of alkyl halides is 9. The van der Waals surface area contributed by atoms with Gasteiger partial charge in [-0.3, -0.25) is 0 Å². The quantitative estimate of drug-likeness (QED) is 0.0950. The molecule has 53 heavy (non-hydrogen) atoms. The normalized spacial score (nSPS) is 13.5. The van der Waals surface area contributed by atoms with E-state index in [9.17, 15) is 65.9 Å². The zero-order valence-electron chi connectivity index (χ0n) is 25.4. The second kappa shape index (κ2) is 14.9. The van der Waals surface area contributed by atoms with Gasteiger partial charge in [-0.15, -0.1) is 13.2 Å². The summed E-state index contributed by atoms with van der Waals surface area (Å²) < 4.78 is 178. The first-order valence-corrected chi connectivity index (χ1v) is 17.8. The van der Waals surface area contributed by atoms with Crippen LogP contribution in [0.5, 0.6) is 5.75 Å². The number of rotatable bonds is 11. The number of aromatic amines is 1. The largest absolute Gasteiger partial charge is 0.573 e. The summed E-state index contributed by atoms with van der Waals surface area (Å²) >= 11 is 9.12. The molecule has 4 rings (SSSR count). The van der Waals surface area contributed by atoms with Crippen molar-refractivity contribution in [1.82, 2.24) is 14.7 Å². The third-order valence-corrected chi connectivity index (χ3v) is 9.86. The van der Waals surface area contributed by atoms with Gasteiger partial charge in [-0.1, -0.05) is 33.6 Å². The van der Waals surface area contributed by atoms with Gasteiger partial charge in [-0.25, -0.2) is 37.2 Å². The number of hydrogen-bond donors (Lipinski definition) is 3. The van der Waals surface area contributed by atoms with Crippen molar-refractivity contribution in [2.45, 2.75) is 36.1 Å². The van der Waals surface area contributed by atoms with E-state index in [4.69, 9.17) is 16.7 Å². The Morgan fingerprint density at radius 2 is 1.62 bits per heavy atom. The average Bonchev–Trinajstić information content (AvgIpc) is 3.41. The summed E-state index contributed by atoms with van der Waals surface area (Å²) in [6, 6.07) is 5.99. The number of imidazole rings is 1. The maximum atomic E-state index is 13.6. The number of halogens is 11. The Labute approximate surface area is 304 Å². The first-order valence-electron chi connectivity index (χ1n) is 13.7. The molecule has 3 aromatic carbocycles. The summed E-state index contributed by atoms with van der Waals surface area (Å²) in [5.74, 6) is -6.53. The molecule has 0 fully saturated rings. The zero-order chi connectivity index (χ0) is 39.9.